The molecule has 2 aliphatic heterocycles. The van der Waals surface area contributed by atoms with Crippen LogP contribution in [0.25, 0.3) is 11.9 Å². The number of aliphatic hydroxyl groups excluding tert-OH is 1. The normalized spacial score (nSPS) is 19.1. The Balaban J connectivity index is 1.21. The van der Waals surface area contributed by atoms with E-state index in [1.165, 1.54) is 12.1 Å². The van der Waals surface area contributed by atoms with Gasteiger partial charge in [-0.05, 0) is 25.5 Å². The molecular formula is C25H30F2N8O. The third-order valence-corrected chi connectivity index (χ3v) is 6.71. The van der Waals surface area contributed by atoms with Gasteiger partial charge in [-0.2, -0.15) is 15.1 Å². The van der Waals surface area contributed by atoms with Crippen molar-refractivity contribution in [2.24, 2.45) is 0 Å². The molecule has 1 atom stereocenters. The molecule has 9 nitrogen and oxygen atoms in total. The van der Waals surface area contributed by atoms with Gasteiger partial charge in [0, 0.05) is 69.2 Å². The summed E-state index contributed by atoms with van der Waals surface area (Å²) in [6, 6.07) is 5.49. The minimum absolute atomic E-state index is 0.163. The zero-order chi connectivity index (χ0) is 25.2. The van der Waals surface area contributed by atoms with E-state index in [0.717, 1.165) is 43.5 Å². The van der Waals surface area contributed by atoms with Crippen LogP contribution in [-0.2, 0) is 0 Å². The van der Waals surface area contributed by atoms with Crippen LogP contribution in [0.4, 0.5) is 26.2 Å². The van der Waals surface area contributed by atoms with E-state index in [1.807, 2.05) is 28.9 Å². The van der Waals surface area contributed by atoms with Gasteiger partial charge in [0.2, 0.25) is 5.95 Å². The minimum Gasteiger partial charge on any atom is -0.391 e. The second kappa shape index (κ2) is 10.2. The maximum absolute atomic E-state index is 13.5. The molecule has 0 amide bonds. The molecule has 36 heavy (non-hydrogen) atoms. The van der Waals surface area contributed by atoms with Crippen molar-refractivity contribution >= 4 is 23.5 Å². The number of nitrogens with two attached hydrogens (primary N) is 1. The molecule has 4 heterocycles. The molecule has 0 unspecified atom stereocenters. The lowest BCUT2D eigenvalue weighted by Crippen LogP contribution is -2.46. The summed E-state index contributed by atoms with van der Waals surface area (Å²) in [6.45, 7) is 6.99. The van der Waals surface area contributed by atoms with Gasteiger partial charge in [0.05, 0.1) is 18.0 Å². The summed E-state index contributed by atoms with van der Waals surface area (Å²) in [6.07, 6.45) is 6.26. The first-order valence-electron chi connectivity index (χ1n) is 12.1. The molecule has 2 fully saturated rings. The van der Waals surface area contributed by atoms with Crippen LogP contribution in [0, 0.1) is 18.6 Å². The average molecular weight is 497 g/mol. The van der Waals surface area contributed by atoms with E-state index in [2.05, 4.69) is 26.0 Å². The largest absolute Gasteiger partial charge is 0.391 e. The number of benzene rings is 1. The molecule has 190 valence electrons. The second-order valence-electron chi connectivity index (χ2n) is 9.25. The molecule has 3 aromatic rings. The molecule has 1 aromatic carbocycles. The van der Waals surface area contributed by atoms with E-state index in [4.69, 9.17) is 5.73 Å². The van der Waals surface area contributed by atoms with Crippen LogP contribution in [0.15, 0.2) is 36.5 Å². The Hall–Kier alpha value is -3.57. The predicted octanol–water partition coefficient (Wildman–Crippen LogP) is 2.24. The molecule has 11 heteroatoms. The van der Waals surface area contributed by atoms with Crippen LogP contribution in [0.2, 0.25) is 0 Å². The monoisotopic (exact) mass is 496 g/mol. The number of hydrogen-bond acceptors (Lipinski definition) is 8. The van der Waals surface area contributed by atoms with E-state index >= 15 is 0 Å². The van der Waals surface area contributed by atoms with Crippen LogP contribution in [0.3, 0.4) is 0 Å². The highest BCUT2D eigenvalue weighted by Gasteiger charge is 2.23. The minimum atomic E-state index is -0.554. The molecule has 3 N–H and O–H groups in total. The lowest BCUT2D eigenvalue weighted by molar-refractivity contribution is 0.198. The van der Waals surface area contributed by atoms with E-state index < -0.39 is 11.6 Å². The Morgan fingerprint density at radius 3 is 2.42 bits per heavy atom. The molecule has 2 saturated heterocycles. The summed E-state index contributed by atoms with van der Waals surface area (Å²) in [4.78, 5) is 15.0. The van der Waals surface area contributed by atoms with Crippen molar-refractivity contribution in [2.45, 2.75) is 19.4 Å². The molecule has 0 saturated carbocycles. The summed E-state index contributed by atoms with van der Waals surface area (Å²) in [5, 5.41) is 14.4. The maximum Gasteiger partial charge on any atom is 0.224 e. The van der Waals surface area contributed by atoms with Crippen LogP contribution in [0.5, 0.6) is 0 Å². The highest BCUT2D eigenvalue weighted by Crippen LogP contribution is 2.23. The van der Waals surface area contributed by atoms with Crippen molar-refractivity contribution in [1.29, 1.82) is 0 Å². The zero-order valence-corrected chi connectivity index (χ0v) is 20.2. The fourth-order valence-electron chi connectivity index (χ4n) is 4.72. The predicted molar refractivity (Wildman–Crippen MR) is 135 cm³/mol. The number of hydrogen-bond donors (Lipinski definition) is 2. The molecule has 0 spiro atoms. The second-order valence-corrected chi connectivity index (χ2v) is 9.25. The van der Waals surface area contributed by atoms with Gasteiger partial charge < -0.3 is 20.6 Å². The topological polar surface area (TPSA) is 99.6 Å². The third-order valence-electron chi connectivity index (χ3n) is 6.71. The van der Waals surface area contributed by atoms with E-state index in [1.54, 1.807) is 10.9 Å². The molecule has 2 aliphatic rings. The van der Waals surface area contributed by atoms with Crippen molar-refractivity contribution in [1.82, 2.24) is 24.6 Å². The first kappa shape index (κ1) is 24.1. The Bertz CT molecular complexity index is 1230. The standard InChI is InChI=1S/C25H30F2N8O/c1-17-18(3-2-5-32-7-9-33(10-8-32)21-12-19(26)11-20(27)13-21)15-29-35(17)24-14-23(30-25(28)31-24)34-6-4-22(36)16-34/h2-3,11-15,22,36H,4-10,16H2,1H3,(H2,28,30,31)/t22-/m1/s1. The molecule has 0 bridgehead atoms. The van der Waals surface area contributed by atoms with E-state index in [-0.39, 0.29) is 12.1 Å². The fourth-order valence-corrected chi connectivity index (χ4v) is 4.72. The Labute approximate surface area is 208 Å². The van der Waals surface area contributed by atoms with Gasteiger partial charge in [0.15, 0.2) is 5.82 Å². The van der Waals surface area contributed by atoms with Crippen molar-refractivity contribution < 1.29 is 13.9 Å². The van der Waals surface area contributed by atoms with Gasteiger partial charge in [-0.1, -0.05) is 12.2 Å². The first-order chi connectivity index (χ1) is 17.4. The summed E-state index contributed by atoms with van der Waals surface area (Å²) >= 11 is 0. The maximum atomic E-state index is 13.5. The van der Waals surface area contributed by atoms with Gasteiger partial charge in [0.25, 0.3) is 0 Å². The molecule has 0 aliphatic carbocycles. The first-order valence-corrected chi connectivity index (χ1v) is 12.1. The fraction of sp³-hybridized carbons (Fsp3) is 0.400. The Morgan fingerprint density at radius 1 is 1.00 bits per heavy atom. The molecular weight excluding hydrogens is 466 g/mol. The number of rotatable bonds is 6. The number of piperazine rings is 1. The molecule has 0 radical (unpaired) electrons. The molecule has 5 rings (SSSR count). The third kappa shape index (κ3) is 5.31. The Kier molecular flexibility index (Phi) is 6.84. The summed E-state index contributed by atoms with van der Waals surface area (Å²) in [5.41, 5.74) is 8.45. The van der Waals surface area contributed by atoms with Crippen LogP contribution in [0.1, 0.15) is 17.7 Å². The number of aromatic nitrogens is 4. The number of halogens is 2. The Morgan fingerprint density at radius 2 is 1.72 bits per heavy atom. The highest BCUT2D eigenvalue weighted by molar-refractivity contribution is 5.54. The van der Waals surface area contributed by atoms with Gasteiger partial charge in [-0.15, -0.1) is 0 Å². The number of nitrogens with zero attached hydrogens (tertiary/aromatic N) is 7. The smallest absolute Gasteiger partial charge is 0.224 e. The number of β-amino-alcohol motifs (C(OH)–C–C–N with tert-alkyl or cyclic N) is 1. The van der Waals surface area contributed by atoms with Crippen LogP contribution < -0.4 is 15.5 Å². The van der Waals surface area contributed by atoms with Gasteiger partial charge in [-0.25, -0.2) is 13.5 Å². The van der Waals surface area contributed by atoms with Crippen molar-refractivity contribution in [3.05, 3.63) is 59.4 Å². The lowest BCUT2D eigenvalue weighted by Gasteiger charge is -2.35. The van der Waals surface area contributed by atoms with Gasteiger partial charge in [-0.3, -0.25) is 4.90 Å². The average Bonchev–Trinajstić information content (AvgIpc) is 3.44. The van der Waals surface area contributed by atoms with Crippen molar-refractivity contribution in [2.75, 3.05) is 61.3 Å². The quantitative estimate of drug-likeness (QED) is 0.536. The van der Waals surface area contributed by atoms with E-state index in [9.17, 15) is 13.9 Å². The number of nitrogen functional groups attached to an aromatic ring is 1. The highest BCUT2D eigenvalue weighted by atomic mass is 19.1. The SMILES string of the molecule is Cc1c(C=CCN2CCN(c3cc(F)cc(F)c3)CC2)cnn1-c1cc(N2CC[C@@H](O)C2)nc(N)n1. The van der Waals surface area contributed by atoms with Crippen molar-refractivity contribution in [3.8, 4) is 5.82 Å². The van der Waals surface area contributed by atoms with Gasteiger partial charge in [0.1, 0.15) is 17.5 Å². The zero-order valence-electron chi connectivity index (χ0n) is 20.2. The van der Waals surface area contributed by atoms with Crippen LogP contribution >= 0.6 is 0 Å². The number of anilines is 3. The summed E-state index contributed by atoms with van der Waals surface area (Å²) < 4.78 is 28.8. The lowest BCUT2D eigenvalue weighted by atomic mass is 10.2. The van der Waals surface area contributed by atoms with Gasteiger partial charge >= 0.3 is 0 Å². The number of aliphatic hydroxyl groups is 1. The molecule has 2 aromatic heterocycles. The van der Waals surface area contributed by atoms with Crippen LogP contribution in [-0.4, -0.2) is 81.7 Å². The summed E-state index contributed by atoms with van der Waals surface area (Å²) in [7, 11) is 0. The van der Waals surface area contributed by atoms with Crippen molar-refractivity contribution in [3.63, 3.8) is 0 Å². The van der Waals surface area contributed by atoms with E-state index in [0.29, 0.717) is 43.4 Å². The summed E-state index contributed by atoms with van der Waals surface area (Å²) in [5.74, 6) is 0.321.